The van der Waals surface area contributed by atoms with Crippen molar-refractivity contribution >= 4 is 5.82 Å². The number of anilines is 1. The number of nitrogens with one attached hydrogen (secondary N) is 1. The van der Waals surface area contributed by atoms with E-state index in [0.717, 1.165) is 5.82 Å². The third-order valence-corrected chi connectivity index (χ3v) is 0.770. The van der Waals surface area contributed by atoms with Crippen LogP contribution < -0.4 is 5.32 Å². The molecule has 0 fully saturated rings. The van der Waals surface area contributed by atoms with Crippen LogP contribution in [-0.2, 0) is 32.7 Å². The van der Waals surface area contributed by atoms with Crippen LogP contribution >= 0.6 is 0 Å². The first-order chi connectivity index (χ1) is 3.93. The van der Waals surface area contributed by atoms with Crippen molar-refractivity contribution in [1.82, 2.24) is 9.97 Å². The van der Waals surface area contributed by atoms with Crippen molar-refractivity contribution in [3.63, 3.8) is 0 Å². The summed E-state index contributed by atoms with van der Waals surface area (Å²) in [5.74, 6) is 0.743. The molecule has 0 aliphatic carbocycles. The SMILES string of the molecule is CNc1cnc[c-]n1.[Y]. The molecule has 0 aromatic carbocycles. The molecular formula is C5H6N3Y-. The van der Waals surface area contributed by atoms with Gasteiger partial charge in [0.05, 0.1) is 0 Å². The van der Waals surface area contributed by atoms with Crippen LogP contribution in [0.25, 0.3) is 0 Å². The summed E-state index contributed by atoms with van der Waals surface area (Å²) >= 11 is 0. The molecule has 1 radical (unpaired) electrons. The molecule has 1 heterocycles. The van der Waals surface area contributed by atoms with Crippen molar-refractivity contribution in [2.75, 3.05) is 12.4 Å². The molecule has 1 N–H and O–H groups in total. The Bertz CT molecular complexity index is 154. The van der Waals surface area contributed by atoms with Gasteiger partial charge in [0.1, 0.15) is 0 Å². The van der Waals surface area contributed by atoms with Gasteiger partial charge in [-0.2, -0.15) is 0 Å². The van der Waals surface area contributed by atoms with Crippen LogP contribution in [0.2, 0.25) is 0 Å². The van der Waals surface area contributed by atoms with Gasteiger partial charge in [-0.25, -0.2) is 0 Å². The number of aromatic nitrogens is 2. The standard InChI is InChI=1S/C5H6N3.Y/c1-6-5-4-7-2-3-8-5;/h2,4H,1H3,(H,6,8);/q-1;. The van der Waals surface area contributed by atoms with E-state index in [1.807, 2.05) is 0 Å². The van der Waals surface area contributed by atoms with Crippen molar-refractivity contribution in [2.24, 2.45) is 0 Å². The minimum absolute atomic E-state index is 0. The van der Waals surface area contributed by atoms with Crippen molar-refractivity contribution in [3.05, 3.63) is 18.6 Å². The number of hydrogen-bond donors (Lipinski definition) is 1. The molecule has 45 valence electrons. The zero-order valence-corrected chi connectivity index (χ0v) is 7.96. The van der Waals surface area contributed by atoms with Crippen LogP contribution in [0.5, 0.6) is 0 Å². The second-order valence-corrected chi connectivity index (χ2v) is 1.28. The molecule has 0 bridgehead atoms. The van der Waals surface area contributed by atoms with E-state index in [1.165, 1.54) is 6.20 Å². The zero-order valence-electron chi connectivity index (χ0n) is 5.13. The van der Waals surface area contributed by atoms with E-state index in [-0.39, 0.29) is 32.7 Å². The third-order valence-electron chi connectivity index (χ3n) is 0.770. The predicted octanol–water partition coefficient (Wildman–Crippen LogP) is 0.316. The maximum absolute atomic E-state index is 3.80. The van der Waals surface area contributed by atoms with Gasteiger partial charge in [-0.3, -0.25) is 4.98 Å². The molecule has 1 aromatic heterocycles. The summed E-state index contributed by atoms with van der Waals surface area (Å²) in [6.07, 6.45) is 5.74. The van der Waals surface area contributed by atoms with Crippen molar-refractivity contribution in [2.45, 2.75) is 0 Å². The Kier molecular flexibility index (Phi) is 4.82. The molecule has 1 rings (SSSR count). The minimum atomic E-state index is 0. The summed E-state index contributed by atoms with van der Waals surface area (Å²) in [5, 5.41) is 2.82. The fraction of sp³-hybridized carbons (Fsp3) is 0.200. The molecule has 0 saturated heterocycles. The smallest absolute Gasteiger partial charge is 0 e. The van der Waals surface area contributed by atoms with E-state index in [4.69, 9.17) is 0 Å². The van der Waals surface area contributed by atoms with Crippen LogP contribution in [0.4, 0.5) is 5.82 Å². The van der Waals surface area contributed by atoms with Crippen LogP contribution in [0.1, 0.15) is 0 Å². The normalized spacial score (nSPS) is 7.67. The first-order valence-corrected chi connectivity index (χ1v) is 2.29. The first-order valence-electron chi connectivity index (χ1n) is 2.29. The van der Waals surface area contributed by atoms with Gasteiger partial charge in [0.25, 0.3) is 0 Å². The van der Waals surface area contributed by atoms with Crippen molar-refractivity contribution in [1.29, 1.82) is 0 Å². The number of nitrogens with zero attached hydrogens (tertiary/aromatic N) is 2. The van der Waals surface area contributed by atoms with Gasteiger partial charge in [-0.1, -0.05) is 0 Å². The molecular weight excluding hydrogens is 191 g/mol. The van der Waals surface area contributed by atoms with Gasteiger partial charge in [-0.05, 0) is 25.3 Å². The molecule has 0 spiro atoms. The topological polar surface area (TPSA) is 37.8 Å². The molecule has 9 heavy (non-hydrogen) atoms. The van der Waals surface area contributed by atoms with E-state index in [2.05, 4.69) is 21.5 Å². The van der Waals surface area contributed by atoms with E-state index in [1.54, 1.807) is 13.2 Å². The second-order valence-electron chi connectivity index (χ2n) is 1.28. The third kappa shape index (κ3) is 2.87. The van der Waals surface area contributed by atoms with E-state index < -0.39 is 0 Å². The maximum Gasteiger partial charge on any atom is 0 e. The molecule has 0 aliphatic rings. The zero-order chi connectivity index (χ0) is 5.82. The molecule has 0 saturated carbocycles. The van der Waals surface area contributed by atoms with Gasteiger partial charge >= 0.3 is 0 Å². The van der Waals surface area contributed by atoms with Gasteiger partial charge in [0.2, 0.25) is 0 Å². The number of rotatable bonds is 1. The van der Waals surface area contributed by atoms with Crippen LogP contribution in [-0.4, -0.2) is 17.0 Å². The Labute approximate surface area is 79.2 Å². The second kappa shape index (κ2) is 4.82. The molecule has 0 atom stereocenters. The average Bonchev–Trinajstić information content (AvgIpc) is 1.90. The van der Waals surface area contributed by atoms with E-state index in [0.29, 0.717) is 0 Å². The maximum atomic E-state index is 3.80. The van der Waals surface area contributed by atoms with Crippen LogP contribution in [0, 0.1) is 6.20 Å². The molecule has 4 heteroatoms. The van der Waals surface area contributed by atoms with Gasteiger partial charge in [0.15, 0.2) is 0 Å². The Morgan fingerprint density at radius 1 is 1.67 bits per heavy atom. The van der Waals surface area contributed by atoms with E-state index >= 15 is 0 Å². The van der Waals surface area contributed by atoms with Crippen molar-refractivity contribution in [3.8, 4) is 0 Å². The van der Waals surface area contributed by atoms with E-state index in [9.17, 15) is 0 Å². The molecule has 0 unspecified atom stereocenters. The quantitative estimate of drug-likeness (QED) is 0.658. The predicted molar refractivity (Wildman–Crippen MR) is 30.4 cm³/mol. The van der Waals surface area contributed by atoms with Crippen LogP contribution in [0.15, 0.2) is 12.4 Å². The first kappa shape index (κ1) is 8.98. The fourth-order valence-corrected chi connectivity index (χ4v) is 0.389. The Hall–Kier alpha value is -0.0161. The average molecular weight is 197 g/mol. The molecule has 0 aliphatic heterocycles. The van der Waals surface area contributed by atoms with Crippen molar-refractivity contribution < 1.29 is 32.7 Å². The summed E-state index contributed by atoms with van der Waals surface area (Å²) in [6, 6.07) is 0. The summed E-state index contributed by atoms with van der Waals surface area (Å²) in [4.78, 5) is 7.57. The van der Waals surface area contributed by atoms with Gasteiger partial charge < -0.3 is 10.3 Å². The molecule has 1 aromatic rings. The van der Waals surface area contributed by atoms with Gasteiger partial charge in [-0.15, -0.1) is 6.20 Å². The summed E-state index contributed by atoms with van der Waals surface area (Å²) in [6.45, 7) is 0. The Morgan fingerprint density at radius 2 is 2.44 bits per heavy atom. The molecule has 3 nitrogen and oxygen atoms in total. The van der Waals surface area contributed by atoms with Gasteiger partial charge in [0, 0.05) is 32.7 Å². The molecule has 0 amide bonds. The Morgan fingerprint density at radius 3 is 2.78 bits per heavy atom. The minimum Gasteiger partial charge on any atom is -0.448 e. The fourth-order valence-electron chi connectivity index (χ4n) is 0.389. The largest absolute Gasteiger partial charge is 0.448 e. The monoisotopic (exact) mass is 197 g/mol. The summed E-state index contributed by atoms with van der Waals surface area (Å²) < 4.78 is 0. The van der Waals surface area contributed by atoms with Crippen LogP contribution in [0.3, 0.4) is 0 Å². The number of hydrogen-bond acceptors (Lipinski definition) is 3. The Balaban J connectivity index is 0.000000640. The summed E-state index contributed by atoms with van der Waals surface area (Å²) in [7, 11) is 1.79. The summed E-state index contributed by atoms with van der Waals surface area (Å²) in [5.41, 5.74) is 0.